The van der Waals surface area contributed by atoms with Gasteiger partial charge in [0.05, 0.1) is 0 Å². The van der Waals surface area contributed by atoms with E-state index in [1.807, 2.05) is 0 Å². The van der Waals surface area contributed by atoms with Crippen molar-refractivity contribution in [2.24, 2.45) is 0 Å². The Kier molecular flexibility index (Phi) is 4.57. The van der Waals surface area contributed by atoms with Gasteiger partial charge in [-0.05, 0) is 25.5 Å². The molecule has 10 heavy (non-hydrogen) atoms. The maximum absolute atomic E-state index is 3.43. The predicted molar refractivity (Wildman–Crippen MR) is 52.2 cm³/mol. The minimum absolute atomic E-state index is 0. The summed E-state index contributed by atoms with van der Waals surface area (Å²) in [5.74, 6) is 0. The Morgan fingerprint density at radius 2 is 1.80 bits per heavy atom. The van der Waals surface area contributed by atoms with Crippen molar-refractivity contribution in [3.63, 3.8) is 0 Å². The highest BCUT2D eigenvalue weighted by molar-refractivity contribution is 9.10. The molecule has 0 amide bonds. The van der Waals surface area contributed by atoms with Crippen LogP contribution in [0.1, 0.15) is 11.1 Å². The van der Waals surface area contributed by atoms with Crippen molar-refractivity contribution in [1.29, 1.82) is 0 Å². The van der Waals surface area contributed by atoms with E-state index in [9.17, 15) is 0 Å². The Morgan fingerprint density at radius 1 is 1.20 bits per heavy atom. The van der Waals surface area contributed by atoms with Gasteiger partial charge in [-0.15, -0.1) is 0 Å². The highest BCUT2D eigenvalue weighted by Crippen LogP contribution is 2.15. The summed E-state index contributed by atoms with van der Waals surface area (Å²) in [6, 6.07) is 6.33. The molecule has 0 heterocycles. The Hall–Kier alpha value is 0.466. The van der Waals surface area contributed by atoms with Crippen LogP contribution in [0.5, 0.6) is 0 Å². The first-order valence-electron chi connectivity index (χ1n) is 2.93. The topological polar surface area (TPSA) is 0 Å². The number of hydrogen-bond donors (Lipinski definition) is 0. The molecule has 1 aromatic rings. The Bertz CT molecular complexity index is 220. The maximum Gasteiger partial charge on any atom is 0.316 e. The first-order valence-corrected chi connectivity index (χ1v) is 3.72. The van der Waals surface area contributed by atoms with Crippen LogP contribution < -0.4 is 0 Å². The SMILES string of the molecule is Cc1ccc(Br)c(C)c1.[MgH2]. The van der Waals surface area contributed by atoms with Crippen molar-refractivity contribution in [2.75, 3.05) is 0 Å². The van der Waals surface area contributed by atoms with Crippen LogP contribution in [-0.4, -0.2) is 23.1 Å². The van der Waals surface area contributed by atoms with Gasteiger partial charge in [-0.3, -0.25) is 0 Å². The number of aryl methyl sites for hydroxylation is 2. The molecule has 0 nitrogen and oxygen atoms in total. The van der Waals surface area contributed by atoms with Crippen LogP contribution >= 0.6 is 15.9 Å². The summed E-state index contributed by atoms with van der Waals surface area (Å²) in [5.41, 5.74) is 2.62. The largest absolute Gasteiger partial charge is 0.316 e. The molecule has 1 rings (SSSR count). The zero-order chi connectivity index (χ0) is 6.85. The Balaban J connectivity index is 0.000000810. The lowest BCUT2D eigenvalue weighted by Crippen LogP contribution is -1.75. The van der Waals surface area contributed by atoms with E-state index in [1.165, 1.54) is 15.6 Å². The van der Waals surface area contributed by atoms with Crippen molar-refractivity contribution >= 4 is 39.0 Å². The van der Waals surface area contributed by atoms with Gasteiger partial charge in [-0.25, -0.2) is 0 Å². The monoisotopic (exact) mass is 210 g/mol. The van der Waals surface area contributed by atoms with E-state index in [1.54, 1.807) is 0 Å². The van der Waals surface area contributed by atoms with Crippen molar-refractivity contribution in [3.05, 3.63) is 33.8 Å². The fourth-order valence-electron chi connectivity index (χ4n) is 0.795. The summed E-state index contributed by atoms with van der Waals surface area (Å²) in [4.78, 5) is 0. The second-order valence-electron chi connectivity index (χ2n) is 2.25. The first kappa shape index (κ1) is 10.5. The number of rotatable bonds is 0. The molecule has 0 saturated carbocycles. The van der Waals surface area contributed by atoms with E-state index in [0.29, 0.717) is 0 Å². The van der Waals surface area contributed by atoms with Crippen LogP contribution in [0.25, 0.3) is 0 Å². The molecule has 0 fully saturated rings. The van der Waals surface area contributed by atoms with Gasteiger partial charge in [-0.1, -0.05) is 33.6 Å². The summed E-state index contributed by atoms with van der Waals surface area (Å²) in [7, 11) is 0. The maximum atomic E-state index is 3.43. The molecule has 0 atom stereocenters. The van der Waals surface area contributed by atoms with Gasteiger partial charge in [0, 0.05) is 4.47 Å². The summed E-state index contributed by atoms with van der Waals surface area (Å²) in [6.07, 6.45) is 0. The fraction of sp³-hybridized carbons (Fsp3) is 0.250. The van der Waals surface area contributed by atoms with Gasteiger partial charge in [0.1, 0.15) is 0 Å². The molecule has 0 bridgehead atoms. The summed E-state index contributed by atoms with van der Waals surface area (Å²) in [6.45, 7) is 4.19. The zero-order valence-corrected chi connectivity index (χ0v) is 7.20. The summed E-state index contributed by atoms with van der Waals surface area (Å²) >= 11 is 3.43. The van der Waals surface area contributed by atoms with Crippen LogP contribution in [0.2, 0.25) is 0 Å². The van der Waals surface area contributed by atoms with Crippen molar-refractivity contribution in [1.82, 2.24) is 0 Å². The van der Waals surface area contributed by atoms with Crippen molar-refractivity contribution < 1.29 is 0 Å². The number of halogens is 1. The van der Waals surface area contributed by atoms with Gasteiger partial charge in [0.25, 0.3) is 0 Å². The van der Waals surface area contributed by atoms with Crippen molar-refractivity contribution in [2.45, 2.75) is 13.8 Å². The third-order valence-corrected chi connectivity index (χ3v) is 2.20. The lowest BCUT2D eigenvalue weighted by Gasteiger charge is -1.96. The van der Waals surface area contributed by atoms with Gasteiger partial charge < -0.3 is 0 Å². The molecule has 2 heteroatoms. The summed E-state index contributed by atoms with van der Waals surface area (Å²) < 4.78 is 1.19. The van der Waals surface area contributed by atoms with Gasteiger partial charge in [0.15, 0.2) is 0 Å². The smallest absolute Gasteiger partial charge is 0.0582 e. The second-order valence-corrected chi connectivity index (χ2v) is 3.11. The fourth-order valence-corrected chi connectivity index (χ4v) is 1.04. The molecule has 1 aromatic carbocycles. The van der Waals surface area contributed by atoms with E-state index in [4.69, 9.17) is 0 Å². The molecular weight excluding hydrogens is 200 g/mol. The van der Waals surface area contributed by atoms with E-state index in [2.05, 4.69) is 48.0 Å². The van der Waals surface area contributed by atoms with E-state index in [-0.39, 0.29) is 23.1 Å². The van der Waals surface area contributed by atoms with Gasteiger partial charge >= 0.3 is 23.1 Å². The molecule has 0 aliphatic heterocycles. The number of hydrogen-bond acceptors (Lipinski definition) is 0. The van der Waals surface area contributed by atoms with Crippen LogP contribution in [0.15, 0.2) is 22.7 Å². The van der Waals surface area contributed by atoms with E-state index in [0.717, 1.165) is 0 Å². The molecule has 52 valence electrons. The minimum Gasteiger partial charge on any atom is -0.0582 e. The first-order chi connectivity index (χ1) is 4.20. The van der Waals surface area contributed by atoms with Crippen LogP contribution in [0.3, 0.4) is 0 Å². The number of benzene rings is 1. The normalized spacial score (nSPS) is 8.70. The highest BCUT2D eigenvalue weighted by atomic mass is 79.9. The van der Waals surface area contributed by atoms with E-state index >= 15 is 0 Å². The lowest BCUT2D eigenvalue weighted by molar-refractivity contribution is 1.36. The quantitative estimate of drug-likeness (QED) is 0.577. The van der Waals surface area contributed by atoms with Gasteiger partial charge in [-0.2, -0.15) is 0 Å². The highest BCUT2D eigenvalue weighted by Gasteiger charge is 1.90. The third-order valence-electron chi connectivity index (χ3n) is 1.31. The third kappa shape index (κ3) is 2.60. The van der Waals surface area contributed by atoms with Crippen LogP contribution in [-0.2, 0) is 0 Å². The van der Waals surface area contributed by atoms with Crippen molar-refractivity contribution in [3.8, 4) is 0 Å². The molecule has 0 N–H and O–H groups in total. The molecule has 0 saturated heterocycles. The second kappa shape index (κ2) is 4.37. The molecular formula is C8H11BrMg. The predicted octanol–water partition coefficient (Wildman–Crippen LogP) is 2.15. The van der Waals surface area contributed by atoms with Crippen LogP contribution in [0.4, 0.5) is 0 Å². The van der Waals surface area contributed by atoms with Crippen LogP contribution in [0, 0.1) is 13.8 Å². The zero-order valence-electron chi connectivity index (χ0n) is 5.61. The molecule has 0 aromatic heterocycles. The Labute approximate surface area is 86.3 Å². The minimum atomic E-state index is 0. The van der Waals surface area contributed by atoms with Gasteiger partial charge in [0.2, 0.25) is 0 Å². The molecule has 0 unspecified atom stereocenters. The average Bonchev–Trinajstić information content (AvgIpc) is 1.80. The lowest BCUT2D eigenvalue weighted by atomic mass is 10.2. The average molecular weight is 211 g/mol. The standard InChI is InChI=1S/C8H9Br.Mg.2H/c1-6-3-4-8(9)7(2)5-6;;;/h3-5H,1-2H3;;;. The Morgan fingerprint density at radius 3 is 2.20 bits per heavy atom. The molecule has 0 aliphatic rings. The molecule has 0 spiro atoms. The molecule has 0 radical (unpaired) electrons. The van der Waals surface area contributed by atoms with E-state index < -0.39 is 0 Å². The summed E-state index contributed by atoms with van der Waals surface area (Å²) in [5, 5.41) is 0. The molecule has 0 aliphatic carbocycles.